The number of carbonyl (C=O) groups excluding carboxylic acids is 1. The molecular weight excluding hydrogens is 436 g/mol. The van der Waals surface area contributed by atoms with Crippen molar-refractivity contribution in [1.82, 2.24) is 0 Å². The molecule has 0 saturated carbocycles. The van der Waals surface area contributed by atoms with E-state index in [1.165, 1.54) is 16.7 Å². The van der Waals surface area contributed by atoms with Crippen LogP contribution < -0.4 is 0 Å². The summed E-state index contributed by atoms with van der Waals surface area (Å²) in [4.78, 5) is 10.8. The Morgan fingerprint density at radius 1 is 1.03 bits per heavy atom. The summed E-state index contributed by atoms with van der Waals surface area (Å²) in [6, 6.07) is 15.8. The number of hydrogen-bond donors (Lipinski definition) is 2. The summed E-state index contributed by atoms with van der Waals surface area (Å²) in [6.07, 6.45) is 7.48. The van der Waals surface area contributed by atoms with E-state index in [0.29, 0.717) is 24.7 Å². The second-order valence-corrected chi connectivity index (χ2v) is 9.08. The molecule has 0 heterocycles. The summed E-state index contributed by atoms with van der Waals surface area (Å²) in [5, 5.41) is 18.0. The summed E-state index contributed by atoms with van der Waals surface area (Å²) in [5.74, 6) is 0.687. The standard InChI is InChI=1S/C11H14O2.C10H14O.C10H18O/c1-2-11(12)13-9-8-10-6-4-3-5-7-10;1-7(2)9-5-4-8(3)6-10(9)11;1-9(2)5-4-6-10(3)7-8-11/h3-7H,2,8-9H2,1H3;4-7,11H,1-3H3;5,7,11H,4,6,8H2,1-3H3. The number of carbonyl (C=O) groups is 1. The number of aliphatic hydroxyl groups excluding tert-OH is 1. The van der Waals surface area contributed by atoms with E-state index in [4.69, 9.17) is 9.84 Å². The molecule has 0 unspecified atom stereocenters. The lowest BCUT2D eigenvalue weighted by atomic mass is 10.0. The summed E-state index contributed by atoms with van der Waals surface area (Å²) in [5.41, 5.74) is 5.96. The third-order valence-corrected chi connectivity index (χ3v) is 5.12. The Kier molecular flexibility index (Phi) is 17.9. The van der Waals surface area contributed by atoms with Gasteiger partial charge < -0.3 is 14.9 Å². The number of aliphatic hydroxyl groups is 1. The number of aromatic hydroxyl groups is 1. The molecule has 4 heteroatoms. The van der Waals surface area contributed by atoms with Crippen molar-refractivity contribution in [3.63, 3.8) is 0 Å². The van der Waals surface area contributed by atoms with Crippen LogP contribution in [0, 0.1) is 6.92 Å². The van der Waals surface area contributed by atoms with Gasteiger partial charge in [-0.3, -0.25) is 4.79 Å². The van der Waals surface area contributed by atoms with Crippen LogP contribution in [0.25, 0.3) is 0 Å². The van der Waals surface area contributed by atoms with Gasteiger partial charge in [0, 0.05) is 12.8 Å². The number of aryl methyl sites for hydroxylation is 1. The van der Waals surface area contributed by atoms with Gasteiger partial charge in [0.15, 0.2) is 0 Å². The van der Waals surface area contributed by atoms with Crippen molar-refractivity contribution < 1.29 is 19.7 Å². The molecule has 2 aromatic rings. The highest BCUT2D eigenvalue weighted by atomic mass is 16.5. The van der Waals surface area contributed by atoms with Gasteiger partial charge in [-0.15, -0.1) is 0 Å². The second kappa shape index (κ2) is 19.5. The monoisotopic (exact) mass is 482 g/mol. The van der Waals surface area contributed by atoms with Crippen molar-refractivity contribution in [3.8, 4) is 5.75 Å². The summed E-state index contributed by atoms with van der Waals surface area (Å²) in [7, 11) is 0. The highest BCUT2D eigenvalue weighted by Crippen LogP contribution is 2.25. The molecule has 0 aliphatic rings. The number of benzene rings is 2. The SMILES string of the molecule is CC(C)=CCCC(C)=CCO.CCC(=O)OCCc1ccccc1.Cc1ccc(C(C)C)c(O)c1. The molecule has 0 amide bonds. The lowest BCUT2D eigenvalue weighted by Gasteiger charge is -2.07. The van der Waals surface area contributed by atoms with Gasteiger partial charge >= 0.3 is 5.97 Å². The molecule has 2 rings (SSSR count). The molecule has 2 N–H and O–H groups in total. The van der Waals surface area contributed by atoms with Crippen molar-refractivity contribution in [2.75, 3.05) is 13.2 Å². The first-order valence-electron chi connectivity index (χ1n) is 12.5. The largest absolute Gasteiger partial charge is 0.508 e. The maximum atomic E-state index is 10.8. The second-order valence-electron chi connectivity index (χ2n) is 9.08. The summed E-state index contributed by atoms with van der Waals surface area (Å²) < 4.78 is 4.96. The summed E-state index contributed by atoms with van der Waals surface area (Å²) in [6.45, 7) is 14.8. The van der Waals surface area contributed by atoms with Gasteiger partial charge in [-0.25, -0.2) is 0 Å². The van der Waals surface area contributed by atoms with E-state index in [9.17, 15) is 9.90 Å². The van der Waals surface area contributed by atoms with Gasteiger partial charge in [0.05, 0.1) is 13.2 Å². The first-order chi connectivity index (χ1) is 16.6. The lowest BCUT2D eigenvalue weighted by molar-refractivity contribution is -0.143. The average Bonchev–Trinajstić information content (AvgIpc) is 2.80. The van der Waals surface area contributed by atoms with Crippen LogP contribution in [-0.2, 0) is 16.0 Å². The fourth-order valence-electron chi connectivity index (χ4n) is 3.02. The van der Waals surface area contributed by atoms with Crippen molar-refractivity contribution in [2.24, 2.45) is 0 Å². The number of rotatable bonds is 9. The molecular formula is C31H46O4. The fourth-order valence-corrected chi connectivity index (χ4v) is 3.02. The van der Waals surface area contributed by atoms with Gasteiger partial charge in [0.1, 0.15) is 5.75 Å². The normalized spacial score (nSPS) is 10.5. The Hall–Kier alpha value is -2.85. The van der Waals surface area contributed by atoms with Gasteiger partial charge in [-0.1, -0.05) is 86.5 Å². The maximum absolute atomic E-state index is 10.8. The number of hydrogen-bond acceptors (Lipinski definition) is 4. The zero-order valence-electron chi connectivity index (χ0n) is 22.8. The molecule has 0 aliphatic carbocycles. The van der Waals surface area contributed by atoms with E-state index < -0.39 is 0 Å². The van der Waals surface area contributed by atoms with E-state index >= 15 is 0 Å². The Bertz CT molecular complexity index is 891. The predicted octanol–water partition coefficient (Wildman–Crippen LogP) is 7.68. The molecule has 0 spiro atoms. The molecule has 0 bridgehead atoms. The van der Waals surface area contributed by atoms with Crippen molar-refractivity contribution in [2.45, 2.75) is 80.1 Å². The zero-order valence-corrected chi connectivity index (χ0v) is 22.8. The van der Waals surface area contributed by atoms with Crippen LogP contribution in [0.3, 0.4) is 0 Å². The highest BCUT2D eigenvalue weighted by Gasteiger charge is 2.04. The first kappa shape index (κ1) is 32.1. The minimum atomic E-state index is -0.129. The molecule has 4 nitrogen and oxygen atoms in total. The van der Waals surface area contributed by atoms with Crippen LogP contribution in [0.15, 0.2) is 71.8 Å². The van der Waals surface area contributed by atoms with Crippen molar-refractivity contribution >= 4 is 5.97 Å². The number of phenols is 1. The van der Waals surface area contributed by atoms with E-state index in [0.717, 1.165) is 30.4 Å². The van der Waals surface area contributed by atoms with Gasteiger partial charge in [0.2, 0.25) is 0 Å². The molecule has 35 heavy (non-hydrogen) atoms. The molecule has 0 aromatic heterocycles. The molecule has 0 atom stereocenters. The smallest absolute Gasteiger partial charge is 0.305 e. The third-order valence-electron chi connectivity index (χ3n) is 5.12. The van der Waals surface area contributed by atoms with Gasteiger partial charge in [-0.05, 0) is 69.2 Å². The molecule has 0 aliphatic heterocycles. The Morgan fingerprint density at radius 3 is 2.20 bits per heavy atom. The fraction of sp³-hybridized carbons (Fsp3) is 0.452. The molecule has 194 valence electrons. The molecule has 0 fully saturated rings. The van der Waals surface area contributed by atoms with E-state index in [1.54, 1.807) is 13.0 Å². The number of ether oxygens (including phenoxy) is 1. The highest BCUT2D eigenvalue weighted by molar-refractivity contribution is 5.68. The van der Waals surface area contributed by atoms with Crippen LogP contribution in [0.4, 0.5) is 0 Å². The molecule has 0 saturated heterocycles. The van der Waals surface area contributed by atoms with Crippen LogP contribution >= 0.6 is 0 Å². The van der Waals surface area contributed by atoms with Crippen LogP contribution in [0.5, 0.6) is 5.75 Å². The Morgan fingerprint density at radius 2 is 1.69 bits per heavy atom. The van der Waals surface area contributed by atoms with Crippen molar-refractivity contribution in [3.05, 3.63) is 88.5 Å². The lowest BCUT2D eigenvalue weighted by Crippen LogP contribution is -2.05. The van der Waals surface area contributed by atoms with E-state index in [2.05, 4.69) is 40.7 Å². The summed E-state index contributed by atoms with van der Waals surface area (Å²) >= 11 is 0. The Labute approximate surface area is 213 Å². The number of phenolic OH excluding ortho intramolecular Hbond substituents is 1. The maximum Gasteiger partial charge on any atom is 0.305 e. The Balaban J connectivity index is 0.000000498. The third kappa shape index (κ3) is 17.3. The zero-order chi connectivity index (χ0) is 26.6. The first-order valence-corrected chi connectivity index (χ1v) is 12.5. The number of allylic oxidation sites excluding steroid dienone is 3. The van der Waals surface area contributed by atoms with E-state index in [-0.39, 0.29) is 12.6 Å². The van der Waals surface area contributed by atoms with Gasteiger partial charge in [0.25, 0.3) is 0 Å². The van der Waals surface area contributed by atoms with Crippen molar-refractivity contribution in [1.29, 1.82) is 0 Å². The quantitative estimate of drug-likeness (QED) is 0.284. The minimum absolute atomic E-state index is 0.129. The predicted molar refractivity (Wildman–Crippen MR) is 148 cm³/mol. The number of esters is 1. The average molecular weight is 483 g/mol. The van der Waals surface area contributed by atoms with Crippen LogP contribution in [0.2, 0.25) is 0 Å². The molecule has 2 aromatic carbocycles. The topological polar surface area (TPSA) is 66.8 Å². The molecule has 0 radical (unpaired) electrons. The van der Waals surface area contributed by atoms with Crippen LogP contribution in [0.1, 0.15) is 83.4 Å². The van der Waals surface area contributed by atoms with E-state index in [1.807, 2.05) is 55.5 Å². The van der Waals surface area contributed by atoms with Crippen LogP contribution in [-0.4, -0.2) is 29.4 Å². The van der Waals surface area contributed by atoms with Gasteiger partial charge in [-0.2, -0.15) is 0 Å². The minimum Gasteiger partial charge on any atom is -0.508 e.